The van der Waals surface area contributed by atoms with Gasteiger partial charge < -0.3 is 10.6 Å². The van der Waals surface area contributed by atoms with E-state index in [9.17, 15) is 14.0 Å². The van der Waals surface area contributed by atoms with Crippen molar-refractivity contribution in [2.75, 3.05) is 10.6 Å². The summed E-state index contributed by atoms with van der Waals surface area (Å²) >= 11 is 5.69. The van der Waals surface area contributed by atoms with Crippen LogP contribution in [0.4, 0.5) is 15.8 Å². The Labute approximate surface area is 164 Å². The standard InChI is InChI=1S/C20H12ClFN4O2/c21-16-10-15(4-5-17(16)22)26-20(28)18-9-13(6-7-24-18)19(27)25-14-3-1-2-12(8-14)11-23/h1-10H,(H,25,27)(H,26,28). The van der Waals surface area contributed by atoms with Crippen LogP contribution in [-0.4, -0.2) is 16.8 Å². The molecule has 138 valence electrons. The molecule has 3 rings (SSSR count). The van der Waals surface area contributed by atoms with Crippen molar-refractivity contribution in [3.8, 4) is 6.07 Å². The lowest BCUT2D eigenvalue weighted by atomic mass is 10.2. The van der Waals surface area contributed by atoms with Gasteiger partial charge in [0.2, 0.25) is 0 Å². The summed E-state index contributed by atoms with van der Waals surface area (Å²) < 4.78 is 13.2. The Bertz CT molecular complexity index is 1110. The number of pyridine rings is 1. The van der Waals surface area contributed by atoms with Crippen molar-refractivity contribution in [3.05, 3.63) is 88.5 Å². The second kappa shape index (κ2) is 8.29. The lowest BCUT2D eigenvalue weighted by molar-refractivity contribution is 0.102. The van der Waals surface area contributed by atoms with Crippen LogP contribution in [0.3, 0.4) is 0 Å². The monoisotopic (exact) mass is 394 g/mol. The minimum Gasteiger partial charge on any atom is -0.322 e. The molecular formula is C20H12ClFN4O2. The molecule has 0 unspecified atom stereocenters. The lowest BCUT2D eigenvalue weighted by Crippen LogP contribution is -2.17. The molecule has 1 aromatic heterocycles. The van der Waals surface area contributed by atoms with E-state index in [4.69, 9.17) is 16.9 Å². The summed E-state index contributed by atoms with van der Waals surface area (Å²) in [5, 5.41) is 14.0. The zero-order chi connectivity index (χ0) is 20.1. The summed E-state index contributed by atoms with van der Waals surface area (Å²) in [4.78, 5) is 28.7. The number of hydrogen-bond acceptors (Lipinski definition) is 4. The third-order valence-corrected chi connectivity index (χ3v) is 3.97. The maximum absolute atomic E-state index is 13.2. The van der Waals surface area contributed by atoms with E-state index in [1.807, 2.05) is 6.07 Å². The van der Waals surface area contributed by atoms with E-state index in [1.54, 1.807) is 18.2 Å². The van der Waals surface area contributed by atoms with Crippen LogP contribution in [0.2, 0.25) is 5.02 Å². The molecule has 2 aromatic carbocycles. The Morgan fingerprint density at radius 3 is 2.50 bits per heavy atom. The summed E-state index contributed by atoms with van der Waals surface area (Å²) in [6, 6.07) is 15.0. The molecule has 0 aliphatic carbocycles. The molecule has 0 bridgehead atoms. The largest absolute Gasteiger partial charge is 0.322 e. The fourth-order valence-electron chi connectivity index (χ4n) is 2.33. The first-order valence-electron chi connectivity index (χ1n) is 8.00. The molecule has 0 saturated heterocycles. The predicted molar refractivity (Wildman–Crippen MR) is 103 cm³/mol. The van der Waals surface area contributed by atoms with Gasteiger partial charge in [-0.25, -0.2) is 4.39 Å². The molecule has 0 spiro atoms. The van der Waals surface area contributed by atoms with Crippen molar-refractivity contribution < 1.29 is 14.0 Å². The second-order valence-corrected chi connectivity index (χ2v) is 6.07. The lowest BCUT2D eigenvalue weighted by Gasteiger charge is -2.08. The smallest absolute Gasteiger partial charge is 0.274 e. The van der Waals surface area contributed by atoms with Gasteiger partial charge in [0.25, 0.3) is 11.8 Å². The van der Waals surface area contributed by atoms with E-state index < -0.39 is 17.6 Å². The molecule has 2 N–H and O–H groups in total. The molecule has 6 nitrogen and oxygen atoms in total. The first-order valence-corrected chi connectivity index (χ1v) is 8.38. The molecular weight excluding hydrogens is 383 g/mol. The second-order valence-electron chi connectivity index (χ2n) is 5.66. The summed E-state index contributed by atoms with van der Waals surface area (Å²) in [5.41, 5.74) is 1.36. The molecule has 8 heteroatoms. The molecule has 28 heavy (non-hydrogen) atoms. The quantitative estimate of drug-likeness (QED) is 0.691. The van der Waals surface area contributed by atoms with Crippen LogP contribution < -0.4 is 10.6 Å². The van der Waals surface area contributed by atoms with Crippen molar-refractivity contribution >= 4 is 34.8 Å². The van der Waals surface area contributed by atoms with Crippen LogP contribution in [0.1, 0.15) is 26.4 Å². The zero-order valence-electron chi connectivity index (χ0n) is 14.2. The van der Waals surface area contributed by atoms with Crippen LogP contribution in [0.5, 0.6) is 0 Å². The van der Waals surface area contributed by atoms with Crippen LogP contribution >= 0.6 is 11.6 Å². The summed E-state index contributed by atoms with van der Waals surface area (Å²) in [5.74, 6) is -1.64. The van der Waals surface area contributed by atoms with Gasteiger partial charge in [0.05, 0.1) is 16.7 Å². The molecule has 3 aromatic rings. The third kappa shape index (κ3) is 4.50. The van der Waals surface area contributed by atoms with Crippen molar-refractivity contribution in [1.82, 2.24) is 4.98 Å². The van der Waals surface area contributed by atoms with Gasteiger partial charge in [-0.1, -0.05) is 17.7 Å². The summed E-state index contributed by atoms with van der Waals surface area (Å²) in [6.07, 6.45) is 1.33. The van der Waals surface area contributed by atoms with Crippen LogP contribution in [0.15, 0.2) is 60.8 Å². The Hall–Kier alpha value is -3.76. The van der Waals surface area contributed by atoms with Crippen molar-refractivity contribution in [1.29, 1.82) is 5.26 Å². The normalized spacial score (nSPS) is 10.0. The first-order chi connectivity index (χ1) is 13.5. The van der Waals surface area contributed by atoms with Crippen LogP contribution in [0.25, 0.3) is 0 Å². The third-order valence-electron chi connectivity index (χ3n) is 3.68. The Morgan fingerprint density at radius 2 is 1.75 bits per heavy atom. The van der Waals surface area contributed by atoms with E-state index in [2.05, 4.69) is 15.6 Å². The zero-order valence-corrected chi connectivity index (χ0v) is 15.0. The first kappa shape index (κ1) is 19.0. The SMILES string of the molecule is N#Cc1cccc(NC(=O)c2ccnc(C(=O)Nc3ccc(F)c(Cl)c3)c2)c1. The molecule has 0 saturated carbocycles. The number of nitriles is 1. The summed E-state index contributed by atoms with van der Waals surface area (Å²) in [7, 11) is 0. The van der Waals surface area contributed by atoms with E-state index in [-0.39, 0.29) is 16.3 Å². The average Bonchev–Trinajstić information content (AvgIpc) is 2.71. The van der Waals surface area contributed by atoms with Gasteiger partial charge in [-0.2, -0.15) is 5.26 Å². The Kier molecular flexibility index (Phi) is 5.63. The number of nitrogens with zero attached hydrogens (tertiary/aromatic N) is 2. The van der Waals surface area contributed by atoms with Crippen molar-refractivity contribution in [2.24, 2.45) is 0 Å². The number of nitrogens with one attached hydrogen (secondary N) is 2. The fourth-order valence-corrected chi connectivity index (χ4v) is 2.52. The van der Waals surface area contributed by atoms with Gasteiger partial charge in [0, 0.05) is 23.1 Å². The topological polar surface area (TPSA) is 94.9 Å². The molecule has 0 fully saturated rings. The number of rotatable bonds is 4. The molecule has 1 heterocycles. The van der Waals surface area contributed by atoms with E-state index >= 15 is 0 Å². The van der Waals surface area contributed by atoms with Gasteiger partial charge in [0.15, 0.2) is 0 Å². The minimum absolute atomic E-state index is 0.00104. The van der Waals surface area contributed by atoms with Gasteiger partial charge in [-0.05, 0) is 48.5 Å². The highest BCUT2D eigenvalue weighted by molar-refractivity contribution is 6.31. The number of anilines is 2. The van der Waals surface area contributed by atoms with E-state index in [0.29, 0.717) is 16.9 Å². The van der Waals surface area contributed by atoms with Crippen molar-refractivity contribution in [3.63, 3.8) is 0 Å². The van der Waals surface area contributed by atoms with Crippen molar-refractivity contribution in [2.45, 2.75) is 0 Å². The van der Waals surface area contributed by atoms with Crippen LogP contribution in [0, 0.1) is 17.1 Å². The maximum atomic E-state index is 13.2. The number of carbonyl (C=O) groups is 2. The predicted octanol–water partition coefficient (Wildman–Crippen LogP) is 4.25. The van der Waals surface area contributed by atoms with Gasteiger partial charge in [-0.15, -0.1) is 0 Å². The Balaban J connectivity index is 1.75. The molecule has 2 amide bonds. The number of hydrogen-bond donors (Lipinski definition) is 2. The minimum atomic E-state index is -0.600. The highest BCUT2D eigenvalue weighted by Gasteiger charge is 2.13. The highest BCUT2D eigenvalue weighted by Crippen LogP contribution is 2.20. The number of amides is 2. The van der Waals surface area contributed by atoms with E-state index in [0.717, 1.165) is 6.07 Å². The molecule has 0 atom stereocenters. The number of carbonyl (C=O) groups excluding carboxylic acids is 2. The van der Waals surface area contributed by atoms with Gasteiger partial charge in [0.1, 0.15) is 11.5 Å². The fraction of sp³-hybridized carbons (Fsp3) is 0. The number of halogens is 2. The molecule has 0 aliphatic heterocycles. The average molecular weight is 395 g/mol. The van der Waals surface area contributed by atoms with Gasteiger partial charge in [-0.3, -0.25) is 14.6 Å². The van der Waals surface area contributed by atoms with E-state index in [1.165, 1.54) is 36.5 Å². The number of benzene rings is 2. The molecule has 0 radical (unpaired) electrons. The Morgan fingerprint density at radius 1 is 1.00 bits per heavy atom. The van der Waals surface area contributed by atoms with Gasteiger partial charge >= 0.3 is 0 Å². The number of aromatic nitrogens is 1. The highest BCUT2D eigenvalue weighted by atomic mass is 35.5. The summed E-state index contributed by atoms with van der Waals surface area (Å²) in [6.45, 7) is 0. The van der Waals surface area contributed by atoms with Crippen LogP contribution in [-0.2, 0) is 0 Å². The molecule has 0 aliphatic rings. The maximum Gasteiger partial charge on any atom is 0.274 e.